The maximum atomic E-state index is 5.22. The Labute approximate surface area is 92.8 Å². The van der Waals surface area contributed by atoms with Crippen molar-refractivity contribution in [3.05, 3.63) is 41.2 Å². The topological polar surface area (TPSA) is 37.9 Å². The van der Waals surface area contributed by atoms with Gasteiger partial charge in [0.1, 0.15) is 11.4 Å². The molecule has 0 saturated carbocycles. The van der Waals surface area contributed by atoms with Crippen LogP contribution in [0.2, 0.25) is 0 Å². The van der Waals surface area contributed by atoms with Crippen LogP contribution in [0, 0.1) is 4.51 Å². The molecule has 0 radical (unpaired) electrons. The summed E-state index contributed by atoms with van der Waals surface area (Å²) >= 11 is 5.09. The number of pyridine rings is 2. The number of hydrogen-bond donors (Lipinski definition) is 1. The van der Waals surface area contributed by atoms with Crippen LogP contribution in [0.5, 0.6) is 5.75 Å². The molecule has 2 heterocycles. The zero-order chi connectivity index (χ0) is 10.7. The summed E-state index contributed by atoms with van der Waals surface area (Å²) in [5, 5.41) is 0. The summed E-state index contributed by atoms with van der Waals surface area (Å²) in [6.07, 6.45) is 3.52. The van der Waals surface area contributed by atoms with E-state index in [9.17, 15) is 0 Å². The molecule has 3 nitrogen and oxygen atoms in total. The maximum absolute atomic E-state index is 5.22. The van der Waals surface area contributed by atoms with Gasteiger partial charge in [0.05, 0.1) is 12.8 Å². The molecule has 15 heavy (non-hydrogen) atoms. The van der Waals surface area contributed by atoms with Gasteiger partial charge in [0.25, 0.3) is 0 Å². The standard InChI is InChI=1S/C11H10N2OS/c1-14-10-3-2-5-13-11(10)9-7-8(15)4-6-12-9/h2-7H,1H3,(H,12,15). The number of methoxy groups -OCH3 is 1. The van der Waals surface area contributed by atoms with Crippen LogP contribution in [0.1, 0.15) is 0 Å². The molecular weight excluding hydrogens is 208 g/mol. The van der Waals surface area contributed by atoms with E-state index in [0.717, 1.165) is 21.6 Å². The van der Waals surface area contributed by atoms with Crippen LogP contribution < -0.4 is 4.74 Å². The molecule has 0 spiro atoms. The monoisotopic (exact) mass is 218 g/mol. The molecule has 4 heteroatoms. The molecule has 0 saturated heterocycles. The number of aromatic amines is 1. The first kappa shape index (κ1) is 9.86. The summed E-state index contributed by atoms with van der Waals surface area (Å²) in [4.78, 5) is 7.35. The lowest BCUT2D eigenvalue weighted by molar-refractivity contribution is 0.414. The van der Waals surface area contributed by atoms with E-state index >= 15 is 0 Å². The lowest BCUT2D eigenvalue weighted by Crippen LogP contribution is -1.92. The average molecular weight is 218 g/mol. The van der Waals surface area contributed by atoms with Gasteiger partial charge in [-0.25, -0.2) is 0 Å². The molecule has 0 amide bonds. The Hall–Kier alpha value is -1.68. The Bertz CT molecular complexity index is 522. The largest absolute Gasteiger partial charge is 0.494 e. The van der Waals surface area contributed by atoms with Crippen LogP contribution in [-0.2, 0) is 0 Å². The summed E-state index contributed by atoms with van der Waals surface area (Å²) in [5.41, 5.74) is 1.63. The normalized spacial score (nSPS) is 9.93. The van der Waals surface area contributed by atoms with Gasteiger partial charge in [-0.2, -0.15) is 0 Å². The van der Waals surface area contributed by atoms with E-state index in [1.54, 1.807) is 19.5 Å². The van der Waals surface area contributed by atoms with Crippen LogP contribution >= 0.6 is 12.2 Å². The molecule has 0 fully saturated rings. The van der Waals surface area contributed by atoms with E-state index in [-0.39, 0.29) is 0 Å². The van der Waals surface area contributed by atoms with E-state index in [1.165, 1.54) is 0 Å². The van der Waals surface area contributed by atoms with Gasteiger partial charge < -0.3 is 9.72 Å². The first-order chi connectivity index (χ1) is 7.31. The lowest BCUT2D eigenvalue weighted by atomic mass is 10.2. The van der Waals surface area contributed by atoms with Crippen LogP contribution in [-0.4, -0.2) is 17.1 Å². The molecule has 2 aromatic heterocycles. The van der Waals surface area contributed by atoms with E-state index in [0.29, 0.717) is 0 Å². The van der Waals surface area contributed by atoms with Crippen molar-refractivity contribution in [2.24, 2.45) is 0 Å². The van der Waals surface area contributed by atoms with Crippen LogP contribution in [0.3, 0.4) is 0 Å². The lowest BCUT2D eigenvalue weighted by Gasteiger charge is -2.06. The Balaban J connectivity index is 2.58. The van der Waals surface area contributed by atoms with E-state index in [2.05, 4.69) is 9.97 Å². The van der Waals surface area contributed by atoms with Crippen molar-refractivity contribution in [2.75, 3.05) is 7.11 Å². The number of aromatic nitrogens is 2. The predicted molar refractivity (Wildman–Crippen MR) is 61.4 cm³/mol. The van der Waals surface area contributed by atoms with Gasteiger partial charge in [0, 0.05) is 16.9 Å². The molecule has 0 bridgehead atoms. The SMILES string of the molecule is COc1cccnc1-c1cc(=S)cc[nH]1. The van der Waals surface area contributed by atoms with Crippen LogP contribution in [0.4, 0.5) is 0 Å². The van der Waals surface area contributed by atoms with Crippen molar-refractivity contribution < 1.29 is 4.74 Å². The molecule has 0 aromatic carbocycles. The van der Waals surface area contributed by atoms with Crippen molar-refractivity contribution in [1.82, 2.24) is 9.97 Å². The third kappa shape index (κ3) is 2.05. The predicted octanol–water partition coefficient (Wildman–Crippen LogP) is 2.81. The highest BCUT2D eigenvalue weighted by Gasteiger charge is 2.05. The highest BCUT2D eigenvalue weighted by atomic mass is 32.1. The number of rotatable bonds is 2. The molecule has 76 valence electrons. The smallest absolute Gasteiger partial charge is 0.146 e. The molecule has 0 aliphatic carbocycles. The number of ether oxygens (including phenoxy) is 1. The summed E-state index contributed by atoms with van der Waals surface area (Å²) in [6, 6.07) is 7.39. The summed E-state index contributed by atoms with van der Waals surface area (Å²) in [7, 11) is 1.62. The van der Waals surface area contributed by atoms with Crippen molar-refractivity contribution in [3.8, 4) is 17.1 Å². The molecule has 2 aromatic rings. The van der Waals surface area contributed by atoms with E-state index < -0.39 is 0 Å². The molecule has 2 rings (SSSR count). The highest BCUT2D eigenvalue weighted by molar-refractivity contribution is 7.71. The first-order valence-corrected chi connectivity index (χ1v) is 4.90. The van der Waals surface area contributed by atoms with Crippen molar-refractivity contribution >= 4 is 12.2 Å². The average Bonchev–Trinajstić information content (AvgIpc) is 2.29. The minimum Gasteiger partial charge on any atom is -0.494 e. The fourth-order valence-electron chi connectivity index (χ4n) is 1.34. The second kappa shape index (κ2) is 4.23. The van der Waals surface area contributed by atoms with E-state index in [4.69, 9.17) is 17.0 Å². The Morgan fingerprint density at radius 2 is 2.27 bits per heavy atom. The summed E-state index contributed by atoms with van der Waals surface area (Å²) < 4.78 is 6.00. The minimum atomic E-state index is 0.731. The summed E-state index contributed by atoms with van der Waals surface area (Å²) in [6.45, 7) is 0. The fourth-order valence-corrected chi connectivity index (χ4v) is 1.53. The van der Waals surface area contributed by atoms with Gasteiger partial charge >= 0.3 is 0 Å². The van der Waals surface area contributed by atoms with Crippen LogP contribution in [0.25, 0.3) is 11.4 Å². The Morgan fingerprint density at radius 3 is 3.00 bits per heavy atom. The van der Waals surface area contributed by atoms with Crippen molar-refractivity contribution in [2.45, 2.75) is 0 Å². The number of nitrogens with zero attached hydrogens (tertiary/aromatic N) is 1. The van der Waals surface area contributed by atoms with Gasteiger partial charge in [-0.15, -0.1) is 0 Å². The van der Waals surface area contributed by atoms with Gasteiger partial charge in [0.15, 0.2) is 0 Å². The van der Waals surface area contributed by atoms with Gasteiger partial charge in [-0.05, 0) is 24.3 Å². The molecule has 0 aliphatic heterocycles. The van der Waals surface area contributed by atoms with Crippen molar-refractivity contribution in [3.63, 3.8) is 0 Å². The first-order valence-electron chi connectivity index (χ1n) is 4.49. The number of hydrogen-bond acceptors (Lipinski definition) is 3. The van der Waals surface area contributed by atoms with Gasteiger partial charge in [-0.1, -0.05) is 12.2 Å². The highest BCUT2D eigenvalue weighted by Crippen LogP contribution is 2.24. The fraction of sp³-hybridized carbons (Fsp3) is 0.0909. The second-order valence-electron chi connectivity index (χ2n) is 2.99. The third-order valence-electron chi connectivity index (χ3n) is 2.02. The minimum absolute atomic E-state index is 0.731. The molecular formula is C11H10N2OS. The molecule has 0 atom stereocenters. The third-order valence-corrected chi connectivity index (χ3v) is 2.27. The van der Waals surface area contributed by atoms with Gasteiger partial charge in [0.2, 0.25) is 0 Å². The maximum Gasteiger partial charge on any atom is 0.146 e. The number of nitrogens with one attached hydrogen (secondary N) is 1. The quantitative estimate of drug-likeness (QED) is 0.788. The van der Waals surface area contributed by atoms with Crippen LogP contribution in [0.15, 0.2) is 36.7 Å². The number of H-pyrrole nitrogens is 1. The molecule has 0 unspecified atom stereocenters. The zero-order valence-corrected chi connectivity index (χ0v) is 9.04. The van der Waals surface area contributed by atoms with E-state index in [1.807, 2.05) is 24.3 Å². The van der Waals surface area contributed by atoms with Gasteiger partial charge in [-0.3, -0.25) is 4.98 Å². The second-order valence-corrected chi connectivity index (χ2v) is 3.46. The zero-order valence-electron chi connectivity index (χ0n) is 8.23. The molecule has 0 aliphatic rings. The molecule has 1 N–H and O–H groups in total. The Morgan fingerprint density at radius 1 is 1.40 bits per heavy atom. The van der Waals surface area contributed by atoms with Crippen molar-refractivity contribution in [1.29, 1.82) is 0 Å². The Kier molecular flexibility index (Phi) is 2.78. The summed E-state index contributed by atoms with van der Waals surface area (Å²) in [5.74, 6) is 0.731.